The first kappa shape index (κ1) is 12.8. The number of morpholine rings is 1. The zero-order valence-corrected chi connectivity index (χ0v) is 11.0. The second kappa shape index (κ2) is 6.34. The monoisotopic (exact) mass is 273 g/mol. The maximum atomic E-state index is 11.4. The number of amides is 1. The van der Waals surface area contributed by atoms with Gasteiger partial charge in [-0.1, -0.05) is 11.8 Å². The van der Waals surface area contributed by atoms with E-state index in [1.807, 2.05) is 5.38 Å². The van der Waals surface area contributed by atoms with Crippen LogP contribution in [0.2, 0.25) is 0 Å². The fourth-order valence-corrected chi connectivity index (χ4v) is 3.28. The number of nitrogens with two attached hydrogens (primary N) is 1. The summed E-state index contributed by atoms with van der Waals surface area (Å²) in [5.41, 5.74) is 7.19. The van der Waals surface area contributed by atoms with Gasteiger partial charge >= 0.3 is 0 Å². The lowest BCUT2D eigenvalue weighted by Crippen LogP contribution is -2.43. The molecule has 94 valence electrons. The number of primary amides is 1. The first-order valence-electron chi connectivity index (χ1n) is 5.40. The summed E-state index contributed by atoms with van der Waals surface area (Å²) in [5, 5.41) is 2.56. The van der Waals surface area contributed by atoms with Gasteiger partial charge in [0.05, 0.1) is 18.7 Å². The Kier molecular flexibility index (Phi) is 4.78. The molecular weight excluding hydrogens is 258 g/mol. The average Bonchev–Trinajstić information content (AvgIpc) is 2.82. The molecule has 0 aromatic carbocycles. The summed E-state index contributed by atoms with van der Waals surface area (Å²) in [6.45, 7) is 3.85. The molecule has 1 atom stereocenters. The van der Waals surface area contributed by atoms with E-state index in [2.05, 4.69) is 9.88 Å². The maximum Gasteiger partial charge on any atom is 0.232 e. The molecule has 2 N–H and O–H groups in total. The maximum absolute atomic E-state index is 11.4. The van der Waals surface area contributed by atoms with E-state index in [1.165, 1.54) is 23.1 Å². The minimum Gasteiger partial charge on any atom is -0.379 e. The molecule has 7 heteroatoms. The molecule has 0 spiro atoms. The van der Waals surface area contributed by atoms with Crippen molar-refractivity contribution in [1.82, 2.24) is 9.88 Å². The van der Waals surface area contributed by atoms with E-state index in [0.29, 0.717) is 6.54 Å². The molecule has 1 amide bonds. The van der Waals surface area contributed by atoms with Crippen molar-refractivity contribution in [1.29, 1.82) is 0 Å². The highest BCUT2D eigenvalue weighted by molar-refractivity contribution is 8.00. The molecule has 1 aromatic heterocycles. The summed E-state index contributed by atoms with van der Waals surface area (Å²) in [5.74, 6) is -0.283. The van der Waals surface area contributed by atoms with Crippen molar-refractivity contribution in [2.75, 3.05) is 32.8 Å². The molecule has 0 bridgehead atoms. The van der Waals surface area contributed by atoms with Crippen molar-refractivity contribution in [3.8, 4) is 0 Å². The third kappa shape index (κ3) is 3.95. The van der Waals surface area contributed by atoms with Crippen LogP contribution in [0, 0.1) is 0 Å². The quantitative estimate of drug-likeness (QED) is 0.788. The summed E-state index contributed by atoms with van der Waals surface area (Å²) >= 11 is 2.96. The second-order valence-corrected chi connectivity index (χ2v) is 5.69. The third-order valence-corrected chi connectivity index (χ3v) is 4.38. The highest BCUT2D eigenvalue weighted by Gasteiger charge is 2.22. The van der Waals surface area contributed by atoms with Gasteiger partial charge in [-0.15, -0.1) is 11.3 Å². The molecule has 1 aromatic rings. The molecule has 1 aliphatic rings. The zero-order chi connectivity index (χ0) is 12.1. The molecular formula is C10H15N3O2S2. The van der Waals surface area contributed by atoms with Gasteiger partial charge in [-0.3, -0.25) is 9.69 Å². The minimum atomic E-state index is -0.283. The zero-order valence-electron chi connectivity index (χ0n) is 9.37. The van der Waals surface area contributed by atoms with Crippen LogP contribution in [0.25, 0.3) is 0 Å². The molecule has 5 nitrogen and oxygen atoms in total. The number of carbonyl (C=O) groups excluding carboxylic acids is 1. The van der Waals surface area contributed by atoms with Gasteiger partial charge in [0.15, 0.2) is 0 Å². The summed E-state index contributed by atoms with van der Waals surface area (Å²) in [6.07, 6.45) is 0. The van der Waals surface area contributed by atoms with E-state index >= 15 is 0 Å². The smallest absolute Gasteiger partial charge is 0.232 e. The van der Waals surface area contributed by atoms with Crippen LogP contribution < -0.4 is 5.73 Å². The first-order chi connectivity index (χ1) is 8.25. The average molecular weight is 273 g/mol. The van der Waals surface area contributed by atoms with E-state index in [4.69, 9.17) is 10.5 Å². The van der Waals surface area contributed by atoms with Gasteiger partial charge in [0.25, 0.3) is 0 Å². The number of thiazole rings is 1. The predicted molar refractivity (Wildman–Crippen MR) is 68.2 cm³/mol. The number of thioether (sulfide) groups is 1. The van der Waals surface area contributed by atoms with Gasteiger partial charge in [0.2, 0.25) is 5.91 Å². The summed E-state index contributed by atoms with van der Waals surface area (Å²) in [4.78, 5) is 17.8. The van der Waals surface area contributed by atoms with Crippen molar-refractivity contribution in [3.63, 3.8) is 0 Å². The van der Waals surface area contributed by atoms with Gasteiger partial charge in [-0.05, 0) is 0 Å². The molecule has 1 fully saturated rings. The van der Waals surface area contributed by atoms with Gasteiger partial charge in [-0.25, -0.2) is 4.98 Å². The van der Waals surface area contributed by atoms with Gasteiger partial charge in [0.1, 0.15) is 10.3 Å². The highest BCUT2D eigenvalue weighted by Crippen LogP contribution is 2.23. The van der Waals surface area contributed by atoms with Crippen LogP contribution in [0.1, 0.15) is 0 Å². The van der Waals surface area contributed by atoms with Crippen LogP contribution in [0.4, 0.5) is 0 Å². The Morgan fingerprint density at radius 1 is 1.65 bits per heavy atom. The fourth-order valence-electron chi connectivity index (χ4n) is 1.61. The van der Waals surface area contributed by atoms with Crippen molar-refractivity contribution in [2.45, 2.75) is 10.3 Å². The molecule has 17 heavy (non-hydrogen) atoms. The molecule has 2 heterocycles. The Bertz CT molecular complexity index is 352. The Morgan fingerprint density at radius 3 is 3.00 bits per heavy atom. The number of hydrogen-bond donors (Lipinski definition) is 1. The minimum absolute atomic E-state index is 0.241. The number of aromatic nitrogens is 1. The lowest BCUT2D eigenvalue weighted by Gasteiger charge is -2.28. The van der Waals surface area contributed by atoms with E-state index in [9.17, 15) is 4.79 Å². The lowest BCUT2D eigenvalue weighted by molar-refractivity contribution is -0.118. The standard InChI is InChI=1S/C10H15N3O2S2/c11-10(14)8(17-9-6-16-7-12-9)5-13-1-3-15-4-2-13/h6-8H,1-5H2,(H2,11,14). The Hall–Kier alpha value is -0.630. The second-order valence-electron chi connectivity index (χ2n) is 3.75. The molecule has 1 unspecified atom stereocenters. The SMILES string of the molecule is NC(=O)C(CN1CCOCC1)Sc1cscn1. The topological polar surface area (TPSA) is 68.5 Å². The van der Waals surface area contributed by atoms with E-state index in [-0.39, 0.29) is 11.2 Å². The largest absolute Gasteiger partial charge is 0.379 e. The summed E-state index contributed by atoms with van der Waals surface area (Å²) in [6, 6.07) is 0. The van der Waals surface area contributed by atoms with Crippen LogP contribution in [0.5, 0.6) is 0 Å². The van der Waals surface area contributed by atoms with Crippen LogP contribution in [0.15, 0.2) is 15.9 Å². The van der Waals surface area contributed by atoms with Crippen molar-refractivity contribution in [2.24, 2.45) is 5.73 Å². The highest BCUT2D eigenvalue weighted by atomic mass is 32.2. The van der Waals surface area contributed by atoms with Crippen LogP contribution in [-0.2, 0) is 9.53 Å². The predicted octanol–water partition coefficient (Wildman–Crippen LogP) is 0.421. The fraction of sp³-hybridized carbons (Fsp3) is 0.600. The van der Waals surface area contributed by atoms with Crippen molar-refractivity contribution < 1.29 is 9.53 Å². The Labute approximate surface area is 108 Å². The summed E-state index contributed by atoms with van der Waals surface area (Å²) in [7, 11) is 0. The lowest BCUT2D eigenvalue weighted by atomic mass is 10.3. The van der Waals surface area contributed by atoms with E-state index in [1.54, 1.807) is 5.51 Å². The van der Waals surface area contributed by atoms with E-state index < -0.39 is 0 Å². The Balaban J connectivity index is 1.90. The van der Waals surface area contributed by atoms with Crippen LogP contribution in [0.3, 0.4) is 0 Å². The Morgan fingerprint density at radius 2 is 2.41 bits per heavy atom. The van der Waals surface area contributed by atoms with Crippen LogP contribution >= 0.6 is 23.1 Å². The number of hydrogen-bond acceptors (Lipinski definition) is 6. The van der Waals surface area contributed by atoms with E-state index in [0.717, 1.165) is 31.3 Å². The molecule has 1 aliphatic heterocycles. The summed E-state index contributed by atoms with van der Waals surface area (Å²) < 4.78 is 5.27. The number of carbonyl (C=O) groups is 1. The third-order valence-electron chi connectivity index (χ3n) is 2.52. The molecule has 0 aliphatic carbocycles. The molecule has 0 radical (unpaired) electrons. The molecule has 1 saturated heterocycles. The van der Waals surface area contributed by atoms with Crippen molar-refractivity contribution >= 4 is 29.0 Å². The number of ether oxygens (including phenoxy) is 1. The van der Waals surface area contributed by atoms with Crippen LogP contribution in [-0.4, -0.2) is 53.9 Å². The van der Waals surface area contributed by atoms with Gasteiger partial charge < -0.3 is 10.5 Å². The molecule has 2 rings (SSSR count). The number of nitrogens with zero attached hydrogens (tertiary/aromatic N) is 2. The normalized spacial score (nSPS) is 19.1. The van der Waals surface area contributed by atoms with Gasteiger partial charge in [-0.2, -0.15) is 0 Å². The number of rotatable bonds is 5. The first-order valence-corrected chi connectivity index (χ1v) is 7.22. The van der Waals surface area contributed by atoms with Crippen molar-refractivity contribution in [3.05, 3.63) is 10.9 Å². The van der Waals surface area contributed by atoms with Gasteiger partial charge in [0, 0.05) is 25.0 Å². The molecule has 0 saturated carbocycles.